The van der Waals surface area contributed by atoms with E-state index in [1.54, 1.807) is 4.68 Å². The lowest BCUT2D eigenvalue weighted by atomic mass is 10.1. The van der Waals surface area contributed by atoms with Crippen molar-refractivity contribution in [1.29, 1.82) is 0 Å². The molecule has 0 aliphatic rings. The second-order valence-corrected chi connectivity index (χ2v) is 7.48. The van der Waals surface area contributed by atoms with Crippen molar-refractivity contribution in [3.05, 3.63) is 76.0 Å². The van der Waals surface area contributed by atoms with Crippen molar-refractivity contribution in [3.63, 3.8) is 0 Å². The summed E-state index contributed by atoms with van der Waals surface area (Å²) in [6.45, 7) is 2.48. The van der Waals surface area contributed by atoms with Crippen LogP contribution in [0.1, 0.15) is 21.5 Å². The number of hydrogen-bond donors (Lipinski definition) is 3. The molecule has 2 heterocycles. The first-order chi connectivity index (χ1) is 13.6. The number of para-hydroxylation sites is 1. The summed E-state index contributed by atoms with van der Waals surface area (Å²) in [5.41, 5.74) is 10.7. The van der Waals surface area contributed by atoms with Crippen LogP contribution < -0.4 is 11.1 Å². The summed E-state index contributed by atoms with van der Waals surface area (Å²) in [6, 6.07) is 13.8. The molecular weight excluding hydrogens is 418 g/mol. The number of benzene rings is 2. The number of carbonyl (C=O) groups is 1. The van der Waals surface area contributed by atoms with Crippen molar-refractivity contribution in [2.75, 3.05) is 12.3 Å². The molecule has 4 rings (SSSR count). The van der Waals surface area contributed by atoms with E-state index in [4.69, 9.17) is 5.73 Å². The first-order valence-corrected chi connectivity index (χ1v) is 9.77. The fourth-order valence-electron chi connectivity index (χ4n) is 3.34. The zero-order chi connectivity index (χ0) is 19.7. The minimum Gasteiger partial charge on any atom is -0.383 e. The predicted octanol–water partition coefficient (Wildman–Crippen LogP) is 3.98. The van der Waals surface area contributed by atoms with E-state index >= 15 is 0 Å². The number of rotatable bonds is 5. The number of H-pyrrole nitrogens is 1. The van der Waals surface area contributed by atoms with Gasteiger partial charge in [0.2, 0.25) is 0 Å². The Morgan fingerprint density at radius 3 is 2.89 bits per heavy atom. The van der Waals surface area contributed by atoms with Crippen molar-refractivity contribution in [2.24, 2.45) is 0 Å². The molecule has 2 aromatic heterocycles. The van der Waals surface area contributed by atoms with Crippen LogP contribution in [0.5, 0.6) is 0 Å². The number of carbonyl (C=O) groups excluding carboxylic acids is 1. The SMILES string of the molecule is Cc1ccccc1-n1ncc(C(=O)NCCc2c[nH]c3cccc(Br)c23)c1N. The Balaban J connectivity index is 1.47. The molecule has 0 fully saturated rings. The van der Waals surface area contributed by atoms with E-state index < -0.39 is 0 Å². The minimum atomic E-state index is -0.226. The van der Waals surface area contributed by atoms with Gasteiger partial charge in [0.15, 0.2) is 0 Å². The molecule has 142 valence electrons. The molecule has 0 radical (unpaired) electrons. The average Bonchev–Trinajstić information content (AvgIpc) is 3.27. The van der Waals surface area contributed by atoms with Gasteiger partial charge in [-0.1, -0.05) is 40.2 Å². The summed E-state index contributed by atoms with van der Waals surface area (Å²) in [6.07, 6.45) is 4.20. The lowest BCUT2D eigenvalue weighted by molar-refractivity contribution is 0.0955. The van der Waals surface area contributed by atoms with Crippen LogP contribution in [-0.4, -0.2) is 27.2 Å². The molecule has 0 spiro atoms. The summed E-state index contributed by atoms with van der Waals surface area (Å²) in [5, 5.41) is 8.38. The molecule has 0 saturated carbocycles. The standard InChI is InChI=1S/C21H20BrN5O/c1-13-5-2-3-8-18(13)27-20(23)15(12-26-27)21(28)24-10-9-14-11-25-17-7-4-6-16(22)19(14)17/h2-8,11-12,25H,9-10,23H2,1H3,(H,24,28). The number of halogens is 1. The lowest BCUT2D eigenvalue weighted by Crippen LogP contribution is -2.26. The van der Waals surface area contributed by atoms with Crippen LogP contribution in [0.25, 0.3) is 16.6 Å². The molecule has 7 heteroatoms. The van der Waals surface area contributed by atoms with Gasteiger partial charge >= 0.3 is 0 Å². The highest BCUT2D eigenvalue weighted by molar-refractivity contribution is 9.10. The van der Waals surface area contributed by atoms with Crippen molar-refractivity contribution in [3.8, 4) is 5.69 Å². The molecule has 0 aliphatic carbocycles. The van der Waals surface area contributed by atoms with E-state index in [1.165, 1.54) is 6.20 Å². The molecule has 1 amide bonds. The highest BCUT2D eigenvalue weighted by atomic mass is 79.9. The number of aromatic nitrogens is 3. The second-order valence-electron chi connectivity index (χ2n) is 6.62. The normalized spacial score (nSPS) is 11.1. The Morgan fingerprint density at radius 2 is 2.07 bits per heavy atom. The Morgan fingerprint density at radius 1 is 1.25 bits per heavy atom. The van der Waals surface area contributed by atoms with Crippen molar-refractivity contribution >= 4 is 38.6 Å². The van der Waals surface area contributed by atoms with Gasteiger partial charge in [-0.15, -0.1) is 0 Å². The van der Waals surface area contributed by atoms with Gasteiger partial charge in [0.25, 0.3) is 5.91 Å². The Labute approximate surface area is 170 Å². The molecule has 4 aromatic rings. The third kappa shape index (κ3) is 3.29. The van der Waals surface area contributed by atoms with Crippen molar-refractivity contribution < 1.29 is 4.79 Å². The van der Waals surface area contributed by atoms with Gasteiger partial charge in [0.05, 0.1) is 11.9 Å². The molecule has 0 atom stereocenters. The van der Waals surface area contributed by atoms with E-state index in [2.05, 4.69) is 31.3 Å². The minimum absolute atomic E-state index is 0.226. The number of anilines is 1. The van der Waals surface area contributed by atoms with Crippen LogP contribution in [0.2, 0.25) is 0 Å². The third-order valence-corrected chi connectivity index (χ3v) is 5.47. The molecule has 0 unspecified atom stereocenters. The summed E-state index contributed by atoms with van der Waals surface area (Å²) in [7, 11) is 0. The number of aryl methyl sites for hydroxylation is 1. The third-order valence-electron chi connectivity index (χ3n) is 4.81. The van der Waals surface area contributed by atoms with Gasteiger partial charge < -0.3 is 16.0 Å². The first kappa shape index (κ1) is 18.3. The molecule has 28 heavy (non-hydrogen) atoms. The Hall–Kier alpha value is -3.06. The number of aromatic amines is 1. The number of nitrogen functional groups attached to an aromatic ring is 1. The number of nitrogens with two attached hydrogens (primary N) is 1. The van der Waals surface area contributed by atoms with Crippen LogP contribution in [-0.2, 0) is 6.42 Å². The van der Waals surface area contributed by atoms with Crippen molar-refractivity contribution in [2.45, 2.75) is 13.3 Å². The Kier molecular flexibility index (Phi) is 4.92. The number of fused-ring (bicyclic) bond motifs is 1. The molecular formula is C21H20BrN5O. The quantitative estimate of drug-likeness (QED) is 0.441. The maximum Gasteiger partial charge on any atom is 0.256 e. The maximum atomic E-state index is 12.6. The zero-order valence-corrected chi connectivity index (χ0v) is 17.0. The van der Waals surface area contributed by atoms with Crippen LogP contribution >= 0.6 is 15.9 Å². The average molecular weight is 438 g/mol. The van der Waals surface area contributed by atoms with Crippen LogP contribution in [0.15, 0.2) is 59.3 Å². The van der Waals surface area contributed by atoms with Gasteiger partial charge in [0, 0.05) is 28.1 Å². The number of nitrogens with one attached hydrogen (secondary N) is 2. The summed E-state index contributed by atoms with van der Waals surface area (Å²) < 4.78 is 2.64. The second kappa shape index (κ2) is 7.52. The maximum absolute atomic E-state index is 12.6. The van der Waals surface area contributed by atoms with Crippen molar-refractivity contribution in [1.82, 2.24) is 20.1 Å². The first-order valence-electron chi connectivity index (χ1n) is 8.98. The van der Waals surface area contributed by atoms with E-state index in [0.717, 1.165) is 32.2 Å². The monoisotopic (exact) mass is 437 g/mol. The molecule has 2 aromatic carbocycles. The smallest absolute Gasteiger partial charge is 0.256 e. The molecule has 4 N–H and O–H groups in total. The Bertz CT molecular complexity index is 1160. The number of nitrogens with zero attached hydrogens (tertiary/aromatic N) is 2. The van der Waals surface area contributed by atoms with Gasteiger partial charge in [0.1, 0.15) is 11.4 Å². The van der Waals surface area contributed by atoms with E-state index in [1.807, 2.05) is 55.6 Å². The molecule has 6 nitrogen and oxygen atoms in total. The molecule has 0 bridgehead atoms. The highest BCUT2D eigenvalue weighted by Gasteiger charge is 2.17. The lowest BCUT2D eigenvalue weighted by Gasteiger charge is -2.08. The van der Waals surface area contributed by atoms with E-state index in [-0.39, 0.29) is 5.91 Å². The zero-order valence-electron chi connectivity index (χ0n) is 15.4. The number of hydrogen-bond acceptors (Lipinski definition) is 3. The largest absolute Gasteiger partial charge is 0.383 e. The fourth-order valence-corrected chi connectivity index (χ4v) is 3.96. The van der Waals surface area contributed by atoms with Crippen LogP contribution in [0.4, 0.5) is 5.82 Å². The highest BCUT2D eigenvalue weighted by Crippen LogP contribution is 2.27. The van der Waals surface area contributed by atoms with E-state index in [0.29, 0.717) is 24.3 Å². The molecule has 0 aliphatic heterocycles. The predicted molar refractivity (Wildman–Crippen MR) is 115 cm³/mol. The summed E-state index contributed by atoms with van der Waals surface area (Å²) >= 11 is 3.59. The van der Waals surface area contributed by atoms with Crippen LogP contribution in [0, 0.1) is 6.92 Å². The van der Waals surface area contributed by atoms with Gasteiger partial charge in [-0.05, 0) is 42.7 Å². The summed E-state index contributed by atoms with van der Waals surface area (Å²) in [5.74, 6) is 0.109. The van der Waals surface area contributed by atoms with Gasteiger partial charge in [-0.25, -0.2) is 4.68 Å². The van der Waals surface area contributed by atoms with E-state index in [9.17, 15) is 4.79 Å². The van der Waals surface area contributed by atoms with Gasteiger partial charge in [-0.3, -0.25) is 4.79 Å². The number of amides is 1. The van der Waals surface area contributed by atoms with Gasteiger partial charge in [-0.2, -0.15) is 5.10 Å². The topological polar surface area (TPSA) is 88.7 Å². The molecule has 0 saturated heterocycles. The summed E-state index contributed by atoms with van der Waals surface area (Å²) in [4.78, 5) is 15.9. The fraction of sp³-hybridized carbons (Fsp3) is 0.143. The van der Waals surface area contributed by atoms with Crippen LogP contribution in [0.3, 0.4) is 0 Å².